The van der Waals surface area contributed by atoms with Crippen LogP contribution in [0.3, 0.4) is 0 Å². The van der Waals surface area contributed by atoms with Crippen LogP contribution in [0.1, 0.15) is 43.2 Å². The summed E-state index contributed by atoms with van der Waals surface area (Å²) in [6.45, 7) is 0. The van der Waals surface area contributed by atoms with E-state index in [0.29, 0.717) is 17.9 Å². The maximum absolute atomic E-state index is 16.2. The summed E-state index contributed by atoms with van der Waals surface area (Å²) in [4.78, 5) is 7.19. The van der Waals surface area contributed by atoms with Gasteiger partial charge in [-0.05, 0) is 54.9 Å². The van der Waals surface area contributed by atoms with Gasteiger partial charge in [0, 0.05) is 34.8 Å². The molecule has 0 saturated heterocycles. The summed E-state index contributed by atoms with van der Waals surface area (Å²) < 4.78 is 84.4. The van der Waals surface area contributed by atoms with Crippen LogP contribution < -0.4 is 5.32 Å². The fraction of sp³-hybridized carbons (Fsp3) is 0.310. The maximum Gasteiger partial charge on any atom is 0.416 e. The molecule has 3 aliphatic rings. The van der Waals surface area contributed by atoms with Gasteiger partial charge in [0.1, 0.15) is 17.7 Å². The lowest BCUT2D eigenvalue weighted by Crippen LogP contribution is -2.40. The molecule has 0 aliphatic heterocycles. The molecule has 4 nitrogen and oxygen atoms in total. The highest BCUT2D eigenvalue weighted by Crippen LogP contribution is 2.44. The van der Waals surface area contributed by atoms with E-state index in [9.17, 15) is 27.2 Å². The molecule has 2 heterocycles. The summed E-state index contributed by atoms with van der Waals surface area (Å²) in [6.07, 6.45) is 1.82. The molecule has 0 spiro atoms. The number of aromatic nitrogens is 2. The van der Waals surface area contributed by atoms with Crippen molar-refractivity contribution in [2.75, 3.05) is 5.32 Å². The number of benzene rings is 2. The van der Waals surface area contributed by atoms with Crippen LogP contribution in [0.2, 0.25) is 0 Å². The minimum Gasteiger partial charge on any atom is -0.365 e. The Morgan fingerprint density at radius 1 is 1.00 bits per heavy atom. The maximum atomic E-state index is 16.2. The number of aromatic amines is 1. The van der Waals surface area contributed by atoms with Crippen LogP contribution in [0.25, 0.3) is 33.3 Å². The van der Waals surface area contributed by atoms with E-state index >= 15 is 4.39 Å². The number of hydrogen-bond donors (Lipinski definition) is 2. The first-order valence-corrected chi connectivity index (χ1v) is 12.7. The van der Waals surface area contributed by atoms with E-state index in [1.165, 1.54) is 6.20 Å². The molecule has 200 valence electrons. The van der Waals surface area contributed by atoms with Gasteiger partial charge in [0.15, 0.2) is 11.6 Å². The van der Waals surface area contributed by atoms with Crippen molar-refractivity contribution in [1.29, 1.82) is 5.26 Å². The van der Waals surface area contributed by atoms with Gasteiger partial charge in [-0.25, -0.2) is 18.2 Å². The monoisotopic (exact) mass is 540 g/mol. The third-order valence-corrected chi connectivity index (χ3v) is 8.08. The highest BCUT2D eigenvalue weighted by atomic mass is 19.4. The first kappa shape index (κ1) is 25.3. The van der Waals surface area contributed by atoms with Gasteiger partial charge in [0.2, 0.25) is 0 Å². The largest absolute Gasteiger partial charge is 0.416 e. The zero-order chi connectivity index (χ0) is 27.5. The van der Waals surface area contributed by atoms with Crippen molar-refractivity contribution in [2.24, 2.45) is 11.8 Å². The summed E-state index contributed by atoms with van der Waals surface area (Å²) in [5.74, 6) is -1.88. The van der Waals surface area contributed by atoms with Gasteiger partial charge < -0.3 is 10.3 Å². The minimum absolute atomic E-state index is 0.0170. The average Bonchev–Trinajstić information content (AvgIpc) is 3.34. The predicted octanol–water partition coefficient (Wildman–Crippen LogP) is 8.20. The third-order valence-electron chi connectivity index (χ3n) is 8.08. The lowest BCUT2D eigenvalue weighted by atomic mass is 9.68. The SMILES string of the molecule is N#Cc1c(-c2c[nH]c3c(F)cc(F)cc23)nc(NC2CC3CCC2CC3)c(F)c1-c1ccc(C(F)(F)F)cc1. The number of anilines is 1. The number of fused-ring (bicyclic) bond motifs is 4. The van der Waals surface area contributed by atoms with Crippen LogP contribution in [0, 0.1) is 40.6 Å². The average molecular weight is 541 g/mol. The van der Waals surface area contributed by atoms with Crippen molar-refractivity contribution < 1.29 is 26.3 Å². The molecule has 2 aromatic carbocycles. The van der Waals surface area contributed by atoms with E-state index in [0.717, 1.165) is 62.4 Å². The third kappa shape index (κ3) is 4.40. The van der Waals surface area contributed by atoms with E-state index < -0.39 is 29.2 Å². The van der Waals surface area contributed by atoms with Gasteiger partial charge in [0.05, 0.1) is 22.3 Å². The van der Waals surface area contributed by atoms with Crippen LogP contribution in [-0.4, -0.2) is 16.0 Å². The van der Waals surface area contributed by atoms with Crippen LogP contribution in [0.5, 0.6) is 0 Å². The molecule has 7 rings (SSSR count). The molecule has 4 aromatic rings. The molecule has 10 heteroatoms. The number of nitrogens with one attached hydrogen (secondary N) is 2. The Labute approximate surface area is 219 Å². The second-order valence-electron chi connectivity index (χ2n) is 10.3. The number of H-pyrrole nitrogens is 1. The Bertz CT molecular complexity index is 1610. The van der Waals surface area contributed by atoms with Crippen molar-refractivity contribution in [1.82, 2.24) is 9.97 Å². The molecular formula is C29H22F6N4. The Morgan fingerprint density at radius 2 is 1.72 bits per heavy atom. The predicted molar refractivity (Wildman–Crippen MR) is 134 cm³/mol. The Balaban J connectivity index is 1.56. The van der Waals surface area contributed by atoms with Crippen molar-refractivity contribution >= 4 is 16.7 Å². The summed E-state index contributed by atoms with van der Waals surface area (Å²) >= 11 is 0. The van der Waals surface area contributed by atoms with Crippen molar-refractivity contribution in [3.05, 3.63) is 71.2 Å². The Morgan fingerprint density at radius 3 is 2.33 bits per heavy atom. The van der Waals surface area contributed by atoms with Gasteiger partial charge in [-0.3, -0.25) is 0 Å². The van der Waals surface area contributed by atoms with Crippen molar-refractivity contribution in [3.8, 4) is 28.5 Å². The molecule has 3 fully saturated rings. The number of pyridine rings is 1. The van der Waals surface area contributed by atoms with E-state index in [1.807, 2.05) is 6.07 Å². The van der Waals surface area contributed by atoms with Crippen molar-refractivity contribution in [3.63, 3.8) is 0 Å². The number of nitriles is 1. The van der Waals surface area contributed by atoms with Gasteiger partial charge in [-0.1, -0.05) is 25.0 Å². The highest BCUT2D eigenvalue weighted by Gasteiger charge is 2.37. The highest BCUT2D eigenvalue weighted by molar-refractivity contribution is 5.98. The zero-order valence-corrected chi connectivity index (χ0v) is 20.5. The minimum atomic E-state index is -4.59. The molecule has 3 aliphatic carbocycles. The van der Waals surface area contributed by atoms with E-state index in [-0.39, 0.29) is 50.7 Å². The van der Waals surface area contributed by atoms with Gasteiger partial charge in [-0.15, -0.1) is 0 Å². The molecule has 0 radical (unpaired) electrons. The number of halogens is 6. The molecule has 2 aromatic heterocycles. The zero-order valence-electron chi connectivity index (χ0n) is 20.5. The number of alkyl halides is 3. The summed E-state index contributed by atoms with van der Waals surface area (Å²) in [5.41, 5.74) is -1.24. The summed E-state index contributed by atoms with van der Waals surface area (Å²) in [5, 5.41) is 13.4. The van der Waals surface area contributed by atoms with Crippen LogP contribution in [-0.2, 0) is 6.18 Å². The Hall–Kier alpha value is -4.00. The number of hydrogen-bond acceptors (Lipinski definition) is 3. The summed E-state index contributed by atoms with van der Waals surface area (Å²) in [7, 11) is 0. The van der Waals surface area contributed by atoms with Gasteiger partial charge in [-0.2, -0.15) is 18.4 Å². The van der Waals surface area contributed by atoms with E-state index in [1.54, 1.807) is 0 Å². The van der Waals surface area contributed by atoms with E-state index in [4.69, 9.17) is 0 Å². The quantitative estimate of drug-likeness (QED) is 0.257. The first-order chi connectivity index (χ1) is 18.6. The van der Waals surface area contributed by atoms with Crippen LogP contribution in [0.15, 0.2) is 42.6 Å². The first-order valence-electron chi connectivity index (χ1n) is 12.7. The molecule has 39 heavy (non-hydrogen) atoms. The fourth-order valence-corrected chi connectivity index (χ4v) is 6.14. The van der Waals surface area contributed by atoms with Crippen LogP contribution in [0.4, 0.5) is 32.2 Å². The Kier molecular flexibility index (Phi) is 6.05. The molecule has 1 unspecified atom stereocenters. The van der Waals surface area contributed by atoms with Gasteiger partial charge in [0.25, 0.3) is 0 Å². The van der Waals surface area contributed by atoms with E-state index in [2.05, 4.69) is 15.3 Å². The fourth-order valence-electron chi connectivity index (χ4n) is 6.14. The number of nitrogens with zero attached hydrogens (tertiary/aromatic N) is 2. The number of rotatable bonds is 4. The lowest BCUT2D eigenvalue weighted by molar-refractivity contribution is -0.137. The standard InChI is InChI=1S/C29H22F6N4/c30-18-10-19-21(13-37-27(19)22(31)11-18)26-20(12-36)24(16-5-7-17(8-6-16)29(33,34)35)25(32)28(39-26)38-23-9-14-1-3-15(23)4-2-14/h5-8,10-11,13-15,23,37H,1-4,9H2,(H,38,39). The lowest BCUT2D eigenvalue weighted by Gasteiger charge is -2.43. The second-order valence-corrected chi connectivity index (χ2v) is 10.3. The summed E-state index contributed by atoms with van der Waals surface area (Å²) in [6, 6.07) is 7.52. The molecule has 3 saturated carbocycles. The molecule has 2 bridgehead atoms. The molecule has 0 amide bonds. The second kappa shape index (κ2) is 9.33. The smallest absolute Gasteiger partial charge is 0.365 e. The van der Waals surface area contributed by atoms with Crippen molar-refractivity contribution in [2.45, 2.75) is 44.3 Å². The molecule has 2 N–H and O–H groups in total. The normalized spacial score (nSPS) is 20.8. The molecule has 1 atom stereocenters. The molecular weight excluding hydrogens is 518 g/mol. The van der Waals surface area contributed by atoms with Crippen LogP contribution >= 0.6 is 0 Å². The topological polar surface area (TPSA) is 64.5 Å². The van der Waals surface area contributed by atoms with Gasteiger partial charge >= 0.3 is 6.18 Å².